The van der Waals surface area contributed by atoms with Crippen molar-refractivity contribution in [2.24, 2.45) is 17.8 Å². The zero-order valence-corrected chi connectivity index (χ0v) is 7.22. The number of aliphatic carboxylic acids is 1. The van der Waals surface area contributed by atoms with Crippen molar-refractivity contribution in [1.29, 1.82) is 0 Å². The van der Waals surface area contributed by atoms with E-state index in [0.717, 1.165) is 12.8 Å². The van der Waals surface area contributed by atoms with Crippen LogP contribution in [-0.4, -0.2) is 23.3 Å². The number of carboxylic acids is 1. The summed E-state index contributed by atoms with van der Waals surface area (Å²) >= 11 is 0. The molecule has 4 unspecified atom stereocenters. The van der Waals surface area contributed by atoms with Gasteiger partial charge < -0.3 is 9.84 Å². The van der Waals surface area contributed by atoms with Gasteiger partial charge in [0.1, 0.15) is 0 Å². The van der Waals surface area contributed by atoms with Crippen LogP contribution in [0.5, 0.6) is 0 Å². The zero-order chi connectivity index (χ0) is 9.00. The lowest BCUT2D eigenvalue weighted by Crippen LogP contribution is -2.17. The van der Waals surface area contributed by atoms with Gasteiger partial charge in [-0.25, -0.2) is 0 Å². The molecule has 0 spiro atoms. The summed E-state index contributed by atoms with van der Waals surface area (Å²) < 4.78 is 5.66. The van der Waals surface area contributed by atoms with Crippen LogP contribution in [0, 0.1) is 17.8 Å². The summed E-state index contributed by atoms with van der Waals surface area (Å²) in [4.78, 5) is 10.8. The number of carbonyl (C=O) groups is 1. The molecular formula is C10H12O3. The van der Waals surface area contributed by atoms with Gasteiger partial charge in [-0.2, -0.15) is 0 Å². The Kier molecular flexibility index (Phi) is 1.37. The van der Waals surface area contributed by atoms with E-state index in [9.17, 15) is 4.79 Å². The molecule has 0 aromatic rings. The van der Waals surface area contributed by atoms with E-state index < -0.39 is 5.97 Å². The van der Waals surface area contributed by atoms with E-state index in [4.69, 9.17) is 9.84 Å². The first-order valence-electron chi connectivity index (χ1n) is 4.82. The van der Waals surface area contributed by atoms with E-state index >= 15 is 0 Å². The fraction of sp³-hybridized carbons (Fsp3) is 0.700. The average molecular weight is 180 g/mol. The highest BCUT2D eigenvalue weighted by Crippen LogP contribution is 2.50. The quantitative estimate of drug-likeness (QED) is 0.613. The van der Waals surface area contributed by atoms with Gasteiger partial charge in [-0.15, -0.1) is 0 Å². The molecule has 2 aliphatic heterocycles. The predicted molar refractivity (Wildman–Crippen MR) is 45.1 cm³/mol. The van der Waals surface area contributed by atoms with Crippen molar-refractivity contribution in [3.63, 3.8) is 0 Å². The summed E-state index contributed by atoms with van der Waals surface area (Å²) in [6.45, 7) is 0. The SMILES string of the molecule is O=C(O)C1CC2C3C=CC(O3)C2C1. The normalized spacial score (nSPS) is 51.2. The van der Waals surface area contributed by atoms with Gasteiger partial charge in [-0.3, -0.25) is 4.79 Å². The number of carboxylic acid groups (broad SMARTS) is 1. The molecule has 2 fully saturated rings. The Morgan fingerprint density at radius 2 is 1.77 bits per heavy atom. The van der Waals surface area contributed by atoms with E-state index in [1.807, 2.05) is 0 Å². The lowest BCUT2D eigenvalue weighted by atomic mass is 9.86. The molecule has 2 bridgehead atoms. The van der Waals surface area contributed by atoms with Crippen molar-refractivity contribution in [2.75, 3.05) is 0 Å². The molecule has 3 nitrogen and oxygen atoms in total. The third-order valence-electron chi connectivity index (χ3n) is 3.66. The van der Waals surface area contributed by atoms with Gasteiger partial charge in [0.25, 0.3) is 0 Å². The summed E-state index contributed by atoms with van der Waals surface area (Å²) in [5, 5.41) is 8.90. The Labute approximate surface area is 76.4 Å². The third kappa shape index (κ3) is 0.908. The number of hydrogen-bond acceptors (Lipinski definition) is 2. The Bertz CT molecular complexity index is 264. The van der Waals surface area contributed by atoms with Crippen LogP contribution in [0.15, 0.2) is 12.2 Å². The van der Waals surface area contributed by atoms with E-state index in [0.29, 0.717) is 11.8 Å². The number of ether oxygens (including phenoxy) is 1. The molecule has 70 valence electrons. The van der Waals surface area contributed by atoms with Crippen molar-refractivity contribution in [3.05, 3.63) is 12.2 Å². The number of rotatable bonds is 1. The Morgan fingerprint density at radius 3 is 2.23 bits per heavy atom. The number of hydrogen-bond donors (Lipinski definition) is 1. The Hall–Kier alpha value is -0.830. The van der Waals surface area contributed by atoms with Crippen LogP contribution in [-0.2, 0) is 9.53 Å². The van der Waals surface area contributed by atoms with Gasteiger partial charge in [0.15, 0.2) is 0 Å². The van der Waals surface area contributed by atoms with Crippen molar-refractivity contribution < 1.29 is 14.6 Å². The number of fused-ring (bicyclic) bond motifs is 5. The molecule has 4 atom stereocenters. The second-order valence-electron chi connectivity index (χ2n) is 4.28. The lowest BCUT2D eigenvalue weighted by Gasteiger charge is -2.14. The van der Waals surface area contributed by atoms with E-state index in [2.05, 4.69) is 12.2 Å². The first kappa shape index (κ1) is 7.56. The maximum absolute atomic E-state index is 10.8. The maximum Gasteiger partial charge on any atom is 0.306 e. The fourth-order valence-electron chi connectivity index (χ4n) is 3.04. The molecule has 1 saturated heterocycles. The van der Waals surface area contributed by atoms with Gasteiger partial charge in [0, 0.05) is 0 Å². The van der Waals surface area contributed by atoms with Gasteiger partial charge in [-0.1, -0.05) is 12.2 Å². The molecule has 13 heavy (non-hydrogen) atoms. The van der Waals surface area contributed by atoms with Crippen LogP contribution in [0.3, 0.4) is 0 Å². The summed E-state index contributed by atoms with van der Waals surface area (Å²) in [6, 6.07) is 0. The Balaban J connectivity index is 1.82. The molecule has 3 heteroatoms. The van der Waals surface area contributed by atoms with Gasteiger partial charge in [0.05, 0.1) is 18.1 Å². The smallest absolute Gasteiger partial charge is 0.306 e. The predicted octanol–water partition coefficient (Wildman–Crippen LogP) is 1.05. The van der Waals surface area contributed by atoms with Crippen LogP contribution in [0.4, 0.5) is 0 Å². The molecule has 1 aliphatic carbocycles. The van der Waals surface area contributed by atoms with Crippen LogP contribution in [0.25, 0.3) is 0 Å². The summed E-state index contributed by atoms with van der Waals surface area (Å²) in [6.07, 6.45) is 6.25. The molecule has 2 heterocycles. The second kappa shape index (κ2) is 2.35. The highest BCUT2D eigenvalue weighted by Gasteiger charge is 2.52. The standard InChI is InChI=1S/C10H12O3/c11-10(12)5-3-6-7(4-5)9-2-1-8(6)13-9/h1-2,5-9H,3-4H2,(H,11,12). The van der Waals surface area contributed by atoms with Crippen molar-refractivity contribution in [1.82, 2.24) is 0 Å². The molecule has 1 N–H and O–H groups in total. The van der Waals surface area contributed by atoms with Crippen molar-refractivity contribution in [3.8, 4) is 0 Å². The molecule has 0 amide bonds. The maximum atomic E-state index is 10.8. The largest absolute Gasteiger partial charge is 0.481 e. The molecule has 0 radical (unpaired) electrons. The van der Waals surface area contributed by atoms with E-state index in [-0.39, 0.29) is 18.1 Å². The molecule has 1 saturated carbocycles. The molecular weight excluding hydrogens is 168 g/mol. The minimum Gasteiger partial charge on any atom is -0.481 e. The highest BCUT2D eigenvalue weighted by atomic mass is 16.5. The molecule has 0 aromatic heterocycles. The average Bonchev–Trinajstić information content (AvgIpc) is 2.76. The van der Waals surface area contributed by atoms with Gasteiger partial charge in [-0.05, 0) is 24.7 Å². The van der Waals surface area contributed by atoms with Crippen molar-refractivity contribution >= 4 is 5.97 Å². The molecule has 3 aliphatic rings. The van der Waals surface area contributed by atoms with Crippen LogP contribution >= 0.6 is 0 Å². The van der Waals surface area contributed by atoms with Crippen LogP contribution in [0.2, 0.25) is 0 Å². The first-order valence-corrected chi connectivity index (χ1v) is 4.82. The minimum atomic E-state index is -0.631. The first-order chi connectivity index (χ1) is 6.25. The van der Waals surface area contributed by atoms with Crippen LogP contribution in [0.1, 0.15) is 12.8 Å². The van der Waals surface area contributed by atoms with Gasteiger partial charge in [0.2, 0.25) is 0 Å². The van der Waals surface area contributed by atoms with Crippen molar-refractivity contribution in [2.45, 2.75) is 25.0 Å². The van der Waals surface area contributed by atoms with E-state index in [1.165, 1.54) is 0 Å². The lowest BCUT2D eigenvalue weighted by molar-refractivity contribution is -0.141. The minimum absolute atomic E-state index is 0.121. The highest BCUT2D eigenvalue weighted by molar-refractivity contribution is 5.70. The second-order valence-corrected chi connectivity index (χ2v) is 4.28. The fourth-order valence-corrected chi connectivity index (χ4v) is 3.04. The monoisotopic (exact) mass is 180 g/mol. The summed E-state index contributed by atoms with van der Waals surface area (Å²) in [7, 11) is 0. The molecule has 3 rings (SSSR count). The van der Waals surface area contributed by atoms with Crippen LogP contribution < -0.4 is 0 Å². The molecule has 0 aromatic carbocycles. The summed E-state index contributed by atoms with van der Waals surface area (Å²) in [5.41, 5.74) is 0. The summed E-state index contributed by atoms with van der Waals surface area (Å²) in [5.74, 6) is 0.213. The third-order valence-corrected chi connectivity index (χ3v) is 3.66. The topological polar surface area (TPSA) is 46.5 Å². The van der Waals surface area contributed by atoms with Gasteiger partial charge >= 0.3 is 5.97 Å². The van der Waals surface area contributed by atoms with E-state index in [1.54, 1.807) is 0 Å². The zero-order valence-electron chi connectivity index (χ0n) is 7.22. The Morgan fingerprint density at radius 1 is 1.23 bits per heavy atom.